The van der Waals surface area contributed by atoms with Crippen LogP contribution in [0.1, 0.15) is 44.1 Å². The highest BCUT2D eigenvalue weighted by molar-refractivity contribution is 5.90. The number of ether oxygens (including phenoxy) is 2. The highest BCUT2D eigenvalue weighted by atomic mass is 16.6. The van der Waals surface area contributed by atoms with Crippen molar-refractivity contribution in [1.29, 1.82) is 0 Å². The van der Waals surface area contributed by atoms with Crippen LogP contribution in [0, 0.1) is 6.92 Å². The fourth-order valence-electron chi connectivity index (χ4n) is 1.22. The number of oxazole rings is 1. The molecule has 1 heterocycles. The van der Waals surface area contributed by atoms with Crippen molar-refractivity contribution in [2.75, 3.05) is 6.61 Å². The van der Waals surface area contributed by atoms with Gasteiger partial charge in [0.1, 0.15) is 0 Å². The number of aromatic nitrogens is 1. The van der Waals surface area contributed by atoms with E-state index in [9.17, 15) is 9.59 Å². The monoisotopic (exact) mass is 270 g/mol. The van der Waals surface area contributed by atoms with Crippen molar-refractivity contribution in [3.8, 4) is 5.95 Å². The number of esters is 1. The standard InChI is InChI=1S/C12H18N2O5/c1-6-17-9(15)8-10(18-7(2)13-8)19-11(16)14-12(3,4)5/h6H2,1-5H3,(H,14,16). The molecule has 1 rings (SSSR count). The van der Waals surface area contributed by atoms with E-state index >= 15 is 0 Å². The van der Waals surface area contributed by atoms with Crippen LogP contribution >= 0.6 is 0 Å². The van der Waals surface area contributed by atoms with Gasteiger partial charge in [-0.05, 0) is 27.7 Å². The third kappa shape index (κ3) is 4.61. The largest absolute Gasteiger partial charge is 0.461 e. The van der Waals surface area contributed by atoms with E-state index < -0.39 is 17.6 Å². The van der Waals surface area contributed by atoms with Gasteiger partial charge in [0.2, 0.25) is 5.69 Å². The highest BCUT2D eigenvalue weighted by Gasteiger charge is 2.25. The number of carbonyl (C=O) groups excluding carboxylic acids is 2. The first kappa shape index (κ1) is 15.0. The summed E-state index contributed by atoms with van der Waals surface area (Å²) >= 11 is 0. The summed E-state index contributed by atoms with van der Waals surface area (Å²) in [5.41, 5.74) is -0.612. The molecule has 0 aromatic carbocycles. The van der Waals surface area contributed by atoms with E-state index in [2.05, 4.69) is 10.3 Å². The Labute approximate surface area is 111 Å². The van der Waals surface area contributed by atoms with E-state index in [4.69, 9.17) is 13.9 Å². The Hall–Kier alpha value is -2.05. The summed E-state index contributed by atoms with van der Waals surface area (Å²) in [4.78, 5) is 27.0. The van der Waals surface area contributed by atoms with Gasteiger partial charge in [-0.3, -0.25) is 0 Å². The third-order valence-corrected chi connectivity index (χ3v) is 1.83. The minimum absolute atomic E-state index is 0.150. The smallest absolute Gasteiger partial charge is 0.415 e. The van der Waals surface area contributed by atoms with Gasteiger partial charge < -0.3 is 19.2 Å². The molecule has 0 atom stereocenters. The zero-order valence-electron chi connectivity index (χ0n) is 11.7. The molecule has 1 aromatic heterocycles. The molecule has 0 radical (unpaired) electrons. The Morgan fingerprint density at radius 2 is 2.00 bits per heavy atom. The van der Waals surface area contributed by atoms with Crippen LogP contribution in [-0.4, -0.2) is 29.2 Å². The molecule has 7 nitrogen and oxygen atoms in total. The zero-order chi connectivity index (χ0) is 14.6. The van der Waals surface area contributed by atoms with Crippen molar-refractivity contribution in [2.45, 2.75) is 40.2 Å². The van der Waals surface area contributed by atoms with E-state index in [0.717, 1.165) is 0 Å². The normalized spacial score (nSPS) is 11.0. The van der Waals surface area contributed by atoms with Gasteiger partial charge in [-0.1, -0.05) is 0 Å². The van der Waals surface area contributed by atoms with Crippen molar-refractivity contribution in [3.63, 3.8) is 0 Å². The molecule has 0 aliphatic heterocycles. The van der Waals surface area contributed by atoms with E-state index in [1.54, 1.807) is 27.7 Å². The van der Waals surface area contributed by atoms with Crippen LogP contribution in [0.25, 0.3) is 0 Å². The molecule has 0 spiro atoms. The minimum Gasteiger partial charge on any atom is -0.461 e. The second-order valence-electron chi connectivity index (χ2n) is 4.85. The number of nitrogens with one attached hydrogen (secondary N) is 1. The summed E-state index contributed by atoms with van der Waals surface area (Å²) in [5, 5.41) is 2.57. The van der Waals surface area contributed by atoms with Crippen molar-refractivity contribution in [1.82, 2.24) is 10.3 Å². The third-order valence-electron chi connectivity index (χ3n) is 1.83. The van der Waals surface area contributed by atoms with Gasteiger partial charge in [0.15, 0.2) is 5.89 Å². The molecule has 1 aromatic rings. The average molecular weight is 270 g/mol. The van der Waals surface area contributed by atoms with Crippen molar-refractivity contribution in [3.05, 3.63) is 11.6 Å². The lowest BCUT2D eigenvalue weighted by atomic mass is 10.1. The molecule has 0 saturated heterocycles. The number of rotatable bonds is 3. The van der Waals surface area contributed by atoms with Crippen molar-refractivity contribution in [2.24, 2.45) is 0 Å². The second kappa shape index (κ2) is 5.73. The van der Waals surface area contributed by atoms with Gasteiger partial charge in [0.25, 0.3) is 0 Å². The van der Waals surface area contributed by atoms with Crippen LogP contribution in [0.15, 0.2) is 4.42 Å². The fraction of sp³-hybridized carbons (Fsp3) is 0.583. The highest BCUT2D eigenvalue weighted by Crippen LogP contribution is 2.21. The minimum atomic E-state index is -0.728. The van der Waals surface area contributed by atoms with Crippen LogP contribution in [0.4, 0.5) is 4.79 Å². The van der Waals surface area contributed by atoms with Gasteiger partial charge in [-0.15, -0.1) is 0 Å². The number of carbonyl (C=O) groups is 2. The first-order valence-electron chi connectivity index (χ1n) is 5.87. The Kier molecular flexibility index (Phi) is 4.52. The SMILES string of the molecule is CCOC(=O)c1nc(C)oc1OC(=O)NC(C)(C)C. The van der Waals surface area contributed by atoms with E-state index in [-0.39, 0.29) is 24.1 Å². The van der Waals surface area contributed by atoms with Gasteiger partial charge in [-0.25, -0.2) is 14.6 Å². The average Bonchev–Trinajstić information content (AvgIpc) is 2.56. The number of hydrogen-bond donors (Lipinski definition) is 1. The molecule has 0 aliphatic rings. The Morgan fingerprint density at radius 1 is 1.37 bits per heavy atom. The molecule has 0 saturated carbocycles. The van der Waals surface area contributed by atoms with Crippen molar-refractivity contribution < 1.29 is 23.5 Å². The van der Waals surface area contributed by atoms with Crippen LogP contribution in [0.5, 0.6) is 5.95 Å². The summed E-state index contributed by atoms with van der Waals surface area (Å²) in [5.74, 6) is -0.753. The molecule has 106 valence electrons. The second-order valence-corrected chi connectivity index (χ2v) is 4.85. The molecule has 0 aliphatic carbocycles. The van der Waals surface area contributed by atoms with Gasteiger partial charge in [0, 0.05) is 12.5 Å². The molecule has 1 amide bonds. The first-order valence-corrected chi connectivity index (χ1v) is 5.87. The van der Waals surface area contributed by atoms with E-state index in [0.29, 0.717) is 0 Å². The number of nitrogens with zero attached hydrogens (tertiary/aromatic N) is 1. The van der Waals surface area contributed by atoms with Crippen LogP contribution < -0.4 is 10.1 Å². The van der Waals surface area contributed by atoms with Crippen LogP contribution in [0.2, 0.25) is 0 Å². The molecule has 7 heteroatoms. The zero-order valence-corrected chi connectivity index (χ0v) is 11.7. The van der Waals surface area contributed by atoms with Crippen LogP contribution in [-0.2, 0) is 4.74 Å². The summed E-state index contributed by atoms with van der Waals surface area (Å²) in [7, 11) is 0. The predicted octanol–water partition coefficient (Wildman–Crippen LogP) is 2.05. The van der Waals surface area contributed by atoms with Crippen LogP contribution in [0.3, 0.4) is 0 Å². The molecule has 19 heavy (non-hydrogen) atoms. The van der Waals surface area contributed by atoms with Gasteiger partial charge in [-0.2, -0.15) is 0 Å². The van der Waals surface area contributed by atoms with Crippen molar-refractivity contribution >= 4 is 12.1 Å². The Bertz CT molecular complexity index is 473. The Balaban J connectivity index is 2.83. The lowest BCUT2D eigenvalue weighted by molar-refractivity contribution is 0.0515. The number of hydrogen-bond acceptors (Lipinski definition) is 6. The van der Waals surface area contributed by atoms with Gasteiger partial charge >= 0.3 is 18.0 Å². The molecule has 0 bridgehead atoms. The Morgan fingerprint density at radius 3 is 2.53 bits per heavy atom. The lowest BCUT2D eigenvalue weighted by Gasteiger charge is -2.19. The lowest BCUT2D eigenvalue weighted by Crippen LogP contribution is -2.42. The maximum Gasteiger partial charge on any atom is 0.415 e. The maximum atomic E-state index is 11.6. The molecule has 0 fully saturated rings. The summed E-state index contributed by atoms with van der Waals surface area (Å²) in [6.45, 7) is 8.79. The molecule has 1 N–H and O–H groups in total. The fourth-order valence-corrected chi connectivity index (χ4v) is 1.22. The summed E-state index contributed by atoms with van der Waals surface area (Å²) in [6.07, 6.45) is -0.728. The topological polar surface area (TPSA) is 90.7 Å². The number of amides is 1. The molecular formula is C12H18N2O5. The summed E-state index contributed by atoms with van der Waals surface area (Å²) in [6, 6.07) is 0. The molecular weight excluding hydrogens is 252 g/mol. The quantitative estimate of drug-likeness (QED) is 0.845. The first-order chi connectivity index (χ1) is 8.73. The van der Waals surface area contributed by atoms with E-state index in [1.165, 1.54) is 6.92 Å². The summed E-state index contributed by atoms with van der Waals surface area (Å²) < 4.78 is 14.8. The molecule has 0 unspecified atom stereocenters. The number of aryl methyl sites for hydroxylation is 1. The van der Waals surface area contributed by atoms with Gasteiger partial charge in [0.05, 0.1) is 6.61 Å². The maximum absolute atomic E-state index is 11.6. The predicted molar refractivity (Wildman–Crippen MR) is 66.1 cm³/mol. The van der Waals surface area contributed by atoms with E-state index in [1.807, 2.05) is 0 Å².